The van der Waals surface area contributed by atoms with Crippen LogP contribution in [0.15, 0.2) is 0 Å². The summed E-state index contributed by atoms with van der Waals surface area (Å²) in [6, 6.07) is 0.739. The Bertz CT molecular complexity index is 270. The predicted molar refractivity (Wildman–Crippen MR) is 84.8 cm³/mol. The Hall–Kier alpha value is -0.120. The molecular formula is C17H34N2O. The zero-order valence-corrected chi connectivity index (χ0v) is 13.5. The summed E-state index contributed by atoms with van der Waals surface area (Å²) in [6.07, 6.45) is 7.67. The van der Waals surface area contributed by atoms with Crippen molar-refractivity contribution in [1.82, 2.24) is 10.2 Å². The zero-order chi connectivity index (χ0) is 14.4. The van der Waals surface area contributed by atoms with Crippen molar-refractivity contribution >= 4 is 0 Å². The highest BCUT2D eigenvalue weighted by atomic mass is 16.3. The third-order valence-electron chi connectivity index (χ3n) is 5.30. The van der Waals surface area contributed by atoms with Crippen LogP contribution >= 0.6 is 0 Å². The van der Waals surface area contributed by atoms with Gasteiger partial charge in [0, 0.05) is 25.7 Å². The topological polar surface area (TPSA) is 35.5 Å². The first-order chi connectivity index (χ1) is 9.72. The Balaban J connectivity index is 1.81. The standard InChI is InChI=1S/C17H34N2O/c1-3-8-18-17-5-4-14(2)11-16(17)13-19-9-6-15(12-19)7-10-20/h14-18,20H,3-13H2,1-2H3. The van der Waals surface area contributed by atoms with E-state index in [1.54, 1.807) is 0 Å². The average Bonchev–Trinajstić information content (AvgIpc) is 2.86. The second-order valence-corrected chi connectivity index (χ2v) is 7.17. The van der Waals surface area contributed by atoms with E-state index in [4.69, 9.17) is 5.11 Å². The molecule has 2 rings (SSSR count). The molecule has 0 aromatic heterocycles. The quantitative estimate of drug-likeness (QED) is 0.753. The number of likely N-dealkylation sites (tertiary alicyclic amines) is 1. The van der Waals surface area contributed by atoms with Crippen molar-refractivity contribution in [1.29, 1.82) is 0 Å². The maximum absolute atomic E-state index is 9.08. The van der Waals surface area contributed by atoms with Crippen molar-refractivity contribution in [2.24, 2.45) is 17.8 Å². The van der Waals surface area contributed by atoms with Crippen molar-refractivity contribution in [3.8, 4) is 0 Å². The van der Waals surface area contributed by atoms with E-state index >= 15 is 0 Å². The first-order valence-electron chi connectivity index (χ1n) is 8.79. The lowest BCUT2D eigenvalue weighted by Gasteiger charge is -2.37. The minimum atomic E-state index is 0.361. The third kappa shape index (κ3) is 4.71. The Labute approximate surface area is 125 Å². The third-order valence-corrected chi connectivity index (χ3v) is 5.30. The Morgan fingerprint density at radius 3 is 2.85 bits per heavy atom. The summed E-state index contributed by atoms with van der Waals surface area (Å²) in [5.41, 5.74) is 0. The van der Waals surface area contributed by atoms with E-state index in [0.717, 1.165) is 30.2 Å². The van der Waals surface area contributed by atoms with Crippen LogP contribution in [0, 0.1) is 17.8 Å². The number of hydrogen-bond acceptors (Lipinski definition) is 3. The molecule has 2 aliphatic rings. The Morgan fingerprint density at radius 2 is 2.10 bits per heavy atom. The second kappa shape index (κ2) is 8.35. The van der Waals surface area contributed by atoms with Crippen LogP contribution in [-0.2, 0) is 0 Å². The molecule has 1 aliphatic carbocycles. The van der Waals surface area contributed by atoms with Gasteiger partial charge in [0.2, 0.25) is 0 Å². The first-order valence-corrected chi connectivity index (χ1v) is 8.79. The van der Waals surface area contributed by atoms with E-state index < -0.39 is 0 Å². The first kappa shape index (κ1) is 16.3. The molecular weight excluding hydrogens is 248 g/mol. The van der Waals surface area contributed by atoms with Gasteiger partial charge in [0.1, 0.15) is 0 Å². The molecule has 0 aromatic carbocycles. The van der Waals surface area contributed by atoms with E-state index in [-0.39, 0.29) is 0 Å². The molecule has 0 aromatic rings. The number of nitrogens with zero attached hydrogens (tertiary/aromatic N) is 1. The van der Waals surface area contributed by atoms with Gasteiger partial charge >= 0.3 is 0 Å². The lowest BCUT2D eigenvalue weighted by molar-refractivity contribution is 0.156. The van der Waals surface area contributed by atoms with Crippen LogP contribution in [0.2, 0.25) is 0 Å². The fraction of sp³-hybridized carbons (Fsp3) is 1.00. The number of hydrogen-bond donors (Lipinski definition) is 2. The minimum Gasteiger partial charge on any atom is -0.396 e. The van der Waals surface area contributed by atoms with Crippen LogP contribution in [-0.4, -0.2) is 48.8 Å². The molecule has 2 N–H and O–H groups in total. The molecule has 1 saturated carbocycles. The molecule has 1 heterocycles. The van der Waals surface area contributed by atoms with E-state index in [2.05, 4.69) is 24.1 Å². The van der Waals surface area contributed by atoms with Gasteiger partial charge in [-0.25, -0.2) is 0 Å². The number of rotatable bonds is 7. The van der Waals surface area contributed by atoms with Gasteiger partial charge in [-0.05, 0) is 69.4 Å². The fourth-order valence-electron chi connectivity index (χ4n) is 4.13. The molecule has 1 saturated heterocycles. The minimum absolute atomic E-state index is 0.361. The second-order valence-electron chi connectivity index (χ2n) is 7.17. The molecule has 0 radical (unpaired) electrons. The van der Waals surface area contributed by atoms with E-state index in [1.165, 1.54) is 58.3 Å². The van der Waals surface area contributed by atoms with E-state index in [1.807, 2.05) is 0 Å². The summed E-state index contributed by atoms with van der Waals surface area (Å²) in [5, 5.41) is 12.9. The summed E-state index contributed by atoms with van der Waals surface area (Å²) < 4.78 is 0. The summed E-state index contributed by atoms with van der Waals surface area (Å²) >= 11 is 0. The van der Waals surface area contributed by atoms with Gasteiger partial charge in [0.25, 0.3) is 0 Å². The SMILES string of the molecule is CCCNC1CCC(C)CC1CN1CCC(CCO)C1. The maximum Gasteiger partial charge on any atom is 0.0434 e. The Kier molecular flexibility index (Phi) is 6.79. The number of nitrogens with one attached hydrogen (secondary N) is 1. The van der Waals surface area contributed by atoms with Crippen LogP contribution in [0.25, 0.3) is 0 Å². The highest BCUT2D eigenvalue weighted by Crippen LogP contribution is 2.31. The van der Waals surface area contributed by atoms with Crippen molar-refractivity contribution < 1.29 is 5.11 Å². The van der Waals surface area contributed by atoms with Gasteiger partial charge < -0.3 is 15.3 Å². The highest BCUT2D eigenvalue weighted by molar-refractivity contribution is 4.87. The van der Waals surface area contributed by atoms with Crippen LogP contribution in [0.1, 0.15) is 52.4 Å². The van der Waals surface area contributed by atoms with Crippen molar-refractivity contribution in [3.05, 3.63) is 0 Å². The molecule has 20 heavy (non-hydrogen) atoms. The smallest absolute Gasteiger partial charge is 0.0434 e. The van der Waals surface area contributed by atoms with Gasteiger partial charge in [-0.3, -0.25) is 0 Å². The lowest BCUT2D eigenvalue weighted by Crippen LogP contribution is -2.45. The van der Waals surface area contributed by atoms with Gasteiger partial charge in [-0.2, -0.15) is 0 Å². The summed E-state index contributed by atoms with van der Waals surface area (Å²) in [5.74, 6) is 2.47. The van der Waals surface area contributed by atoms with Gasteiger partial charge in [-0.1, -0.05) is 13.8 Å². The molecule has 118 valence electrons. The summed E-state index contributed by atoms with van der Waals surface area (Å²) in [4.78, 5) is 2.66. The van der Waals surface area contributed by atoms with Crippen LogP contribution < -0.4 is 5.32 Å². The molecule has 0 bridgehead atoms. The van der Waals surface area contributed by atoms with Gasteiger partial charge in [-0.15, -0.1) is 0 Å². The largest absolute Gasteiger partial charge is 0.396 e. The fourth-order valence-corrected chi connectivity index (χ4v) is 4.13. The van der Waals surface area contributed by atoms with Crippen LogP contribution in [0.5, 0.6) is 0 Å². The molecule has 3 heteroatoms. The molecule has 4 unspecified atom stereocenters. The molecule has 1 aliphatic heterocycles. The van der Waals surface area contributed by atoms with Crippen molar-refractivity contribution in [2.75, 3.05) is 32.8 Å². The van der Waals surface area contributed by atoms with Gasteiger partial charge in [0.15, 0.2) is 0 Å². The van der Waals surface area contributed by atoms with E-state index in [9.17, 15) is 0 Å². The van der Waals surface area contributed by atoms with Crippen molar-refractivity contribution in [3.63, 3.8) is 0 Å². The van der Waals surface area contributed by atoms with Gasteiger partial charge in [0.05, 0.1) is 0 Å². The molecule has 0 amide bonds. The molecule has 0 spiro atoms. The molecule has 2 fully saturated rings. The normalized spacial score (nSPS) is 35.5. The van der Waals surface area contributed by atoms with E-state index in [0.29, 0.717) is 6.61 Å². The molecule has 4 atom stereocenters. The molecule has 3 nitrogen and oxygen atoms in total. The number of aliphatic hydroxyl groups excluding tert-OH is 1. The maximum atomic E-state index is 9.08. The van der Waals surface area contributed by atoms with Crippen molar-refractivity contribution in [2.45, 2.75) is 58.4 Å². The highest BCUT2D eigenvalue weighted by Gasteiger charge is 2.31. The lowest BCUT2D eigenvalue weighted by atomic mass is 9.78. The van der Waals surface area contributed by atoms with Crippen LogP contribution in [0.3, 0.4) is 0 Å². The monoisotopic (exact) mass is 282 g/mol. The van der Waals surface area contributed by atoms with Crippen LogP contribution in [0.4, 0.5) is 0 Å². The average molecular weight is 282 g/mol. The number of aliphatic hydroxyl groups is 1. The Morgan fingerprint density at radius 1 is 1.25 bits per heavy atom. The zero-order valence-electron chi connectivity index (χ0n) is 13.5. The predicted octanol–water partition coefficient (Wildman–Crippen LogP) is 2.50. The summed E-state index contributed by atoms with van der Waals surface area (Å²) in [7, 11) is 0. The summed E-state index contributed by atoms with van der Waals surface area (Å²) in [6.45, 7) is 9.94.